The quantitative estimate of drug-likeness (QED) is 0.465. The predicted molar refractivity (Wildman–Crippen MR) is 117 cm³/mol. The van der Waals surface area contributed by atoms with E-state index in [4.69, 9.17) is 4.74 Å². The maximum atomic E-state index is 12.1. The van der Waals surface area contributed by atoms with Crippen LogP contribution in [0.2, 0.25) is 0 Å². The Bertz CT molecular complexity index is 990. The van der Waals surface area contributed by atoms with E-state index in [9.17, 15) is 4.79 Å². The Kier molecular flexibility index (Phi) is 6.80. The Labute approximate surface area is 172 Å². The van der Waals surface area contributed by atoms with Crippen molar-refractivity contribution in [3.63, 3.8) is 0 Å². The summed E-state index contributed by atoms with van der Waals surface area (Å²) in [5, 5.41) is 4.05. The van der Waals surface area contributed by atoms with Crippen molar-refractivity contribution >= 4 is 12.1 Å². The molecule has 0 atom stereocenters. The van der Waals surface area contributed by atoms with E-state index in [1.54, 1.807) is 6.21 Å². The number of carbonyl (C=O) groups excluding carboxylic acids is 1. The Balaban J connectivity index is 1.47. The van der Waals surface area contributed by atoms with Crippen molar-refractivity contribution in [3.05, 3.63) is 100 Å². The van der Waals surface area contributed by atoms with Gasteiger partial charge in [0, 0.05) is 0 Å². The molecule has 0 heterocycles. The van der Waals surface area contributed by atoms with E-state index in [0.717, 1.165) is 28.0 Å². The maximum absolute atomic E-state index is 12.1. The zero-order chi connectivity index (χ0) is 20.6. The molecule has 148 valence electrons. The van der Waals surface area contributed by atoms with Gasteiger partial charge in [-0.15, -0.1) is 0 Å². The van der Waals surface area contributed by atoms with Gasteiger partial charge in [-0.25, -0.2) is 5.43 Å². The van der Waals surface area contributed by atoms with Gasteiger partial charge >= 0.3 is 0 Å². The van der Waals surface area contributed by atoms with Crippen LogP contribution in [0.15, 0.2) is 71.8 Å². The normalized spacial score (nSPS) is 10.9. The summed E-state index contributed by atoms with van der Waals surface area (Å²) in [7, 11) is 0. The molecule has 3 aromatic carbocycles. The highest BCUT2D eigenvalue weighted by Gasteiger charge is 2.05. The van der Waals surface area contributed by atoms with E-state index in [1.807, 2.05) is 50.2 Å². The van der Waals surface area contributed by atoms with Gasteiger partial charge in [0.15, 0.2) is 0 Å². The van der Waals surface area contributed by atoms with Gasteiger partial charge in [0.05, 0.1) is 12.6 Å². The van der Waals surface area contributed by atoms with E-state index < -0.39 is 0 Å². The molecule has 4 nitrogen and oxygen atoms in total. The van der Waals surface area contributed by atoms with E-state index in [-0.39, 0.29) is 5.91 Å². The summed E-state index contributed by atoms with van der Waals surface area (Å²) in [5.74, 6) is 0.660. The van der Waals surface area contributed by atoms with Crippen molar-refractivity contribution < 1.29 is 9.53 Å². The number of benzene rings is 3. The maximum Gasteiger partial charge on any atom is 0.244 e. The van der Waals surface area contributed by atoms with Crippen molar-refractivity contribution in [3.8, 4) is 5.75 Å². The van der Waals surface area contributed by atoms with Crippen LogP contribution in [0, 0.1) is 20.8 Å². The van der Waals surface area contributed by atoms with Crippen LogP contribution < -0.4 is 10.2 Å². The molecule has 0 aliphatic heterocycles. The molecule has 1 N–H and O–H groups in total. The summed E-state index contributed by atoms with van der Waals surface area (Å²) in [5.41, 5.74) is 9.16. The van der Waals surface area contributed by atoms with Gasteiger partial charge in [-0.05, 0) is 67.3 Å². The Hall–Kier alpha value is -3.40. The summed E-state index contributed by atoms with van der Waals surface area (Å²) in [6, 6.07) is 22.0. The molecule has 0 fully saturated rings. The fourth-order valence-electron chi connectivity index (χ4n) is 2.94. The minimum Gasteiger partial charge on any atom is -0.489 e. The van der Waals surface area contributed by atoms with Crippen LogP contribution in [0.4, 0.5) is 0 Å². The van der Waals surface area contributed by atoms with Crippen molar-refractivity contribution in [2.75, 3.05) is 0 Å². The highest BCUT2D eigenvalue weighted by molar-refractivity contribution is 5.83. The number of hydrazone groups is 1. The molecule has 0 aliphatic rings. The van der Waals surface area contributed by atoms with Crippen LogP contribution in [-0.4, -0.2) is 12.1 Å². The minimum absolute atomic E-state index is 0.133. The first-order valence-electron chi connectivity index (χ1n) is 9.66. The first-order valence-corrected chi connectivity index (χ1v) is 9.66. The summed E-state index contributed by atoms with van der Waals surface area (Å²) in [4.78, 5) is 12.1. The molecule has 29 heavy (non-hydrogen) atoms. The molecule has 0 unspecified atom stereocenters. The first-order chi connectivity index (χ1) is 14.0. The third-order valence-electron chi connectivity index (χ3n) is 4.66. The lowest BCUT2D eigenvalue weighted by atomic mass is 10.0. The second-order valence-corrected chi connectivity index (χ2v) is 7.24. The van der Waals surface area contributed by atoms with Crippen LogP contribution >= 0.6 is 0 Å². The molecule has 4 heteroatoms. The zero-order valence-corrected chi connectivity index (χ0v) is 17.1. The average molecular weight is 386 g/mol. The third-order valence-corrected chi connectivity index (χ3v) is 4.66. The molecule has 1 amide bonds. The summed E-state index contributed by atoms with van der Waals surface area (Å²) in [6.07, 6.45) is 1.94. The van der Waals surface area contributed by atoms with Gasteiger partial charge < -0.3 is 4.74 Å². The summed E-state index contributed by atoms with van der Waals surface area (Å²) < 4.78 is 5.80. The fourth-order valence-corrected chi connectivity index (χ4v) is 2.94. The first kappa shape index (κ1) is 20.3. The summed E-state index contributed by atoms with van der Waals surface area (Å²) >= 11 is 0. The molecule has 3 rings (SSSR count). The molecular formula is C25H26N2O2. The Morgan fingerprint density at radius 3 is 2.31 bits per heavy atom. The molecule has 0 saturated carbocycles. The standard InChI is InChI=1S/C25H26N2O2/c1-18-4-7-22(8-5-18)17-29-24-12-9-21(10-13-24)16-26-27-25(28)15-23-11-6-19(2)14-20(23)3/h4-14,16H,15,17H2,1-3H3,(H,27,28)/b26-16+. The number of aryl methyl sites for hydroxylation is 3. The number of nitrogens with one attached hydrogen (secondary N) is 1. The number of hydrogen-bond acceptors (Lipinski definition) is 3. The molecular weight excluding hydrogens is 360 g/mol. The number of hydrogen-bond donors (Lipinski definition) is 1. The van der Waals surface area contributed by atoms with Crippen molar-refractivity contribution in [1.82, 2.24) is 5.43 Å². The van der Waals surface area contributed by atoms with Crippen LogP contribution in [-0.2, 0) is 17.8 Å². The van der Waals surface area contributed by atoms with Crippen LogP contribution in [0.1, 0.15) is 33.4 Å². The number of ether oxygens (including phenoxy) is 1. The lowest BCUT2D eigenvalue weighted by molar-refractivity contribution is -0.120. The SMILES string of the molecule is Cc1ccc(COc2ccc(/C=N/NC(=O)Cc3ccc(C)cc3C)cc2)cc1. The van der Waals surface area contributed by atoms with Gasteiger partial charge in [0.2, 0.25) is 5.91 Å². The van der Waals surface area contributed by atoms with E-state index in [1.165, 1.54) is 11.1 Å². The topological polar surface area (TPSA) is 50.7 Å². The second kappa shape index (κ2) is 9.69. The molecule has 0 aromatic heterocycles. The number of nitrogens with zero attached hydrogens (tertiary/aromatic N) is 1. The molecule has 0 aliphatic carbocycles. The van der Waals surface area contributed by atoms with E-state index in [0.29, 0.717) is 13.0 Å². The smallest absolute Gasteiger partial charge is 0.244 e. The Morgan fingerprint density at radius 1 is 0.931 bits per heavy atom. The van der Waals surface area contributed by atoms with Crippen molar-refractivity contribution in [2.24, 2.45) is 5.10 Å². The van der Waals surface area contributed by atoms with Crippen molar-refractivity contribution in [1.29, 1.82) is 0 Å². The number of carbonyl (C=O) groups is 1. The van der Waals surface area contributed by atoms with Crippen LogP contribution in [0.5, 0.6) is 5.75 Å². The van der Waals surface area contributed by atoms with E-state index >= 15 is 0 Å². The number of amides is 1. The monoisotopic (exact) mass is 386 g/mol. The molecule has 0 spiro atoms. The van der Waals surface area contributed by atoms with Gasteiger partial charge in [-0.1, -0.05) is 53.6 Å². The lowest BCUT2D eigenvalue weighted by Crippen LogP contribution is -2.20. The molecule has 3 aromatic rings. The van der Waals surface area contributed by atoms with Gasteiger partial charge in [-0.2, -0.15) is 5.10 Å². The lowest BCUT2D eigenvalue weighted by Gasteiger charge is -2.07. The van der Waals surface area contributed by atoms with E-state index in [2.05, 4.69) is 47.8 Å². The zero-order valence-electron chi connectivity index (χ0n) is 17.1. The van der Waals surface area contributed by atoms with Crippen molar-refractivity contribution in [2.45, 2.75) is 33.8 Å². The summed E-state index contributed by atoms with van der Waals surface area (Å²) in [6.45, 7) is 6.65. The number of rotatable bonds is 7. The highest BCUT2D eigenvalue weighted by atomic mass is 16.5. The fraction of sp³-hybridized carbons (Fsp3) is 0.200. The van der Waals surface area contributed by atoms with Crippen LogP contribution in [0.3, 0.4) is 0 Å². The minimum atomic E-state index is -0.133. The third kappa shape index (κ3) is 6.32. The van der Waals surface area contributed by atoms with Crippen LogP contribution in [0.25, 0.3) is 0 Å². The van der Waals surface area contributed by atoms with Gasteiger partial charge in [-0.3, -0.25) is 4.79 Å². The Morgan fingerprint density at radius 2 is 1.62 bits per heavy atom. The van der Waals surface area contributed by atoms with Gasteiger partial charge in [0.1, 0.15) is 12.4 Å². The average Bonchev–Trinajstić information content (AvgIpc) is 2.71. The van der Waals surface area contributed by atoms with Gasteiger partial charge in [0.25, 0.3) is 0 Å². The predicted octanol–water partition coefficient (Wildman–Crippen LogP) is 4.88. The second-order valence-electron chi connectivity index (χ2n) is 7.24. The highest BCUT2D eigenvalue weighted by Crippen LogP contribution is 2.14. The molecule has 0 bridgehead atoms. The largest absolute Gasteiger partial charge is 0.489 e. The molecule has 0 saturated heterocycles. The molecule has 0 radical (unpaired) electrons.